The molecule has 0 amide bonds. The van der Waals surface area contributed by atoms with Gasteiger partial charge in [-0.25, -0.2) is 0 Å². The van der Waals surface area contributed by atoms with E-state index in [1.165, 1.54) is 0 Å². The summed E-state index contributed by atoms with van der Waals surface area (Å²) in [7, 11) is 0. The molecule has 0 bridgehead atoms. The van der Waals surface area contributed by atoms with E-state index in [2.05, 4.69) is 12.6 Å². The molecule has 1 rings (SSSR count). The van der Waals surface area contributed by atoms with Gasteiger partial charge in [0.15, 0.2) is 0 Å². The molecule has 0 spiro atoms. The Hall–Kier alpha value is -1.98. The van der Waals surface area contributed by atoms with Crippen LogP contribution >= 0.6 is 12.6 Å². The minimum atomic E-state index is -0.263. The molecule has 1 aromatic carbocycles. The zero-order valence-corrected chi connectivity index (χ0v) is 12.1. The molecule has 1 aromatic rings. The number of hydrogen-bond acceptors (Lipinski definition) is 6. The van der Waals surface area contributed by atoms with Gasteiger partial charge in [-0.15, -0.1) is 12.6 Å². The summed E-state index contributed by atoms with van der Waals surface area (Å²) in [6.07, 6.45) is 0. The molecule has 0 aromatic heterocycles. The van der Waals surface area contributed by atoms with Crippen molar-refractivity contribution in [3.05, 3.63) is 27.8 Å². The van der Waals surface area contributed by atoms with Gasteiger partial charge in [0.1, 0.15) is 30.3 Å². The fourth-order valence-electron chi connectivity index (χ4n) is 1.29. The molecule has 0 fully saturated rings. The van der Waals surface area contributed by atoms with Crippen LogP contribution in [0.15, 0.2) is 4.90 Å². The van der Waals surface area contributed by atoms with Gasteiger partial charge in [-0.2, -0.15) is 26.3 Å². The summed E-state index contributed by atoms with van der Waals surface area (Å²) in [5, 5.41) is 44.4. The van der Waals surface area contributed by atoms with Gasteiger partial charge >= 0.3 is 29.6 Å². The van der Waals surface area contributed by atoms with Gasteiger partial charge < -0.3 is 0 Å². The third-order valence-corrected chi connectivity index (χ3v) is 2.48. The van der Waals surface area contributed by atoms with Crippen LogP contribution in [0.5, 0.6) is 0 Å². The van der Waals surface area contributed by atoms with Crippen molar-refractivity contribution in [3.63, 3.8) is 0 Å². The minimum Gasteiger partial charge on any atom is -0.192 e. The van der Waals surface area contributed by atoms with Crippen molar-refractivity contribution < 1.29 is 29.6 Å². The normalized spacial score (nSPS) is 7.56. The molecule has 0 radical (unpaired) electrons. The molecule has 0 heterocycles. The SMILES string of the molecule is N#Cc1c(S)c(C#N)c(C#N)c(C#N)c1C#N.[Na+]. The molecule has 0 aliphatic heterocycles. The summed E-state index contributed by atoms with van der Waals surface area (Å²) in [4.78, 5) is -0.0536. The summed E-state index contributed by atoms with van der Waals surface area (Å²) in [6, 6.07) is 8.43. The summed E-state index contributed by atoms with van der Waals surface area (Å²) in [5.74, 6) is 0. The maximum absolute atomic E-state index is 8.90. The first-order valence-electron chi connectivity index (χ1n) is 4.09. The summed E-state index contributed by atoms with van der Waals surface area (Å²) >= 11 is 3.95. The van der Waals surface area contributed by atoms with Crippen LogP contribution in [0.4, 0.5) is 0 Å². The zero-order chi connectivity index (χ0) is 13.0. The third-order valence-electron chi connectivity index (χ3n) is 2.03. The van der Waals surface area contributed by atoms with Crippen LogP contribution in [0.25, 0.3) is 0 Å². The number of thiol groups is 1. The predicted octanol–water partition coefficient (Wildman–Crippen LogP) is -1.66. The van der Waals surface area contributed by atoms with Crippen LogP contribution in [0.3, 0.4) is 0 Å². The van der Waals surface area contributed by atoms with Gasteiger partial charge in [-0.3, -0.25) is 0 Å². The van der Waals surface area contributed by atoms with Crippen molar-refractivity contribution in [2.75, 3.05) is 0 Å². The van der Waals surface area contributed by atoms with E-state index < -0.39 is 0 Å². The second kappa shape index (κ2) is 6.68. The van der Waals surface area contributed by atoms with Crippen molar-refractivity contribution in [1.82, 2.24) is 0 Å². The Bertz CT molecular complexity index is 666. The first-order chi connectivity index (χ1) is 8.15. The van der Waals surface area contributed by atoms with Crippen molar-refractivity contribution in [3.8, 4) is 30.3 Å². The van der Waals surface area contributed by atoms with Crippen LogP contribution in [0, 0.1) is 56.7 Å². The minimum absolute atomic E-state index is 0. The van der Waals surface area contributed by atoms with E-state index in [4.69, 9.17) is 26.3 Å². The molecule has 0 unspecified atom stereocenters. The van der Waals surface area contributed by atoms with Crippen LogP contribution in [0.1, 0.15) is 27.8 Å². The summed E-state index contributed by atoms with van der Waals surface area (Å²) in [6.45, 7) is 0. The molecular weight excluding hydrogens is 257 g/mol. The molecule has 0 saturated carbocycles. The van der Waals surface area contributed by atoms with Crippen molar-refractivity contribution in [2.24, 2.45) is 0 Å². The Balaban J connectivity index is 0.00000289. The number of nitriles is 5. The van der Waals surface area contributed by atoms with Gasteiger partial charge in [0.25, 0.3) is 0 Å². The van der Waals surface area contributed by atoms with Gasteiger partial charge in [0.05, 0.1) is 27.8 Å². The zero-order valence-electron chi connectivity index (χ0n) is 9.18. The largest absolute Gasteiger partial charge is 1.00 e. The van der Waals surface area contributed by atoms with E-state index in [1.54, 1.807) is 30.3 Å². The Morgan fingerprint density at radius 3 is 1.00 bits per heavy atom. The average molecular weight is 258 g/mol. The first kappa shape index (κ1) is 16.0. The van der Waals surface area contributed by atoms with Crippen LogP contribution in [-0.2, 0) is 0 Å². The Morgan fingerprint density at radius 2 is 0.778 bits per heavy atom. The Labute approximate surface area is 131 Å². The molecular formula is C11HN5NaS+. The maximum Gasteiger partial charge on any atom is 1.00 e. The van der Waals surface area contributed by atoms with Crippen molar-refractivity contribution in [2.45, 2.75) is 4.90 Å². The number of rotatable bonds is 0. The smallest absolute Gasteiger partial charge is 0.192 e. The van der Waals surface area contributed by atoms with E-state index in [0.717, 1.165) is 0 Å². The average Bonchev–Trinajstić information content (AvgIpc) is 2.36. The number of benzene rings is 1. The fourth-order valence-corrected chi connectivity index (χ4v) is 1.61. The van der Waals surface area contributed by atoms with Gasteiger partial charge in [-0.1, -0.05) is 0 Å². The molecule has 18 heavy (non-hydrogen) atoms. The number of hydrogen-bond donors (Lipinski definition) is 1. The second-order valence-electron chi connectivity index (χ2n) is 2.78. The third kappa shape index (κ3) is 2.32. The van der Waals surface area contributed by atoms with E-state index >= 15 is 0 Å². The quantitative estimate of drug-likeness (QED) is 0.441. The Morgan fingerprint density at radius 1 is 0.556 bits per heavy atom. The van der Waals surface area contributed by atoms with Crippen molar-refractivity contribution >= 4 is 12.6 Å². The summed E-state index contributed by atoms with van der Waals surface area (Å²) < 4.78 is 0. The molecule has 0 saturated heterocycles. The summed E-state index contributed by atoms with van der Waals surface area (Å²) in [5.41, 5.74) is -1.04. The predicted molar refractivity (Wildman–Crippen MR) is 57.3 cm³/mol. The topological polar surface area (TPSA) is 119 Å². The first-order valence-corrected chi connectivity index (χ1v) is 4.54. The molecule has 0 N–H and O–H groups in total. The fraction of sp³-hybridized carbons (Fsp3) is 0. The molecule has 5 nitrogen and oxygen atoms in total. The van der Waals surface area contributed by atoms with E-state index in [9.17, 15) is 0 Å². The van der Waals surface area contributed by atoms with Crippen LogP contribution in [-0.4, -0.2) is 0 Å². The van der Waals surface area contributed by atoms with Gasteiger partial charge in [0, 0.05) is 4.90 Å². The van der Waals surface area contributed by atoms with Gasteiger partial charge in [0.2, 0.25) is 0 Å². The van der Waals surface area contributed by atoms with E-state index in [0.29, 0.717) is 0 Å². The van der Waals surface area contributed by atoms with Gasteiger partial charge in [-0.05, 0) is 0 Å². The van der Waals surface area contributed by atoms with Crippen LogP contribution < -0.4 is 29.6 Å². The van der Waals surface area contributed by atoms with E-state index in [-0.39, 0.29) is 62.3 Å². The molecule has 0 aliphatic rings. The molecule has 76 valence electrons. The maximum atomic E-state index is 8.90. The second-order valence-corrected chi connectivity index (χ2v) is 3.23. The standard InChI is InChI=1S/C11HN5S.Na/c12-1-6-7(2-13)9(4-15)11(17)10(5-16)8(6)3-14;/h17H;/q;+1. The van der Waals surface area contributed by atoms with Crippen LogP contribution in [0.2, 0.25) is 0 Å². The van der Waals surface area contributed by atoms with Crippen molar-refractivity contribution in [1.29, 1.82) is 26.3 Å². The molecule has 7 heteroatoms. The monoisotopic (exact) mass is 258 g/mol. The Kier molecular flexibility index (Phi) is 5.95. The van der Waals surface area contributed by atoms with E-state index in [1.807, 2.05) is 0 Å². The molecule has 0 atom stereocenters. The molecule has 0 aliphatic carbocycles. The number of nitrogens with zero attached hydrogens (tertiary/aromatic N) is 5.